The number of rotatable bonds is 3. The molecule has 5 nitrogen and oxygen atoms in total. The molecule has 0 bridgehead atoms. The summed E-state index contributed by atoms with van der Waals surface area (Å²) in [6.45, 7) is 10.1. The minimum Gasteiger partial charge on any atom is -0.352 e. The molecule has 1 aliphatic rings. The molecule has 5 heteroatoms. The largest absolute Gasteiger partial charge is 0.352 e. The summed E-state index contributed by atoms with van der Waals surface area (Å²) in [5.41, 5.74) is 1.63. The fraction of sp³-hybridized carbons (Fsp3) is 0.579. The van der Waals surface area contributed by atoms with E-state index >= 15 is 0 Å². The average molecular weight is 331 g/mol. The summed E-state index contributed by atoms with van der Waals surface area (Å²) in [7, 11) is 0. The zero-order valence-corrected chi connectivity index (χ0v) is 15.2. The molecule has 1 saturated heterocycles. The van der Waals surface area contributed by atoms with Gasteiger partial charge in [-0.2, -0.15) is 0 Å². The first-order valence-corrected chi connectivity index (χ1v) is 8.66. The number of piperidine rings is 1. The number of carbonyl (C=O) groups is 2. The van der Waals surface area contributed by atoms with Gasteiger partial charge in [0.2, 0.25) is 0 Å². The number of likely N-dealkylation sites (tertiary alicyclic amines) is 1. The summed E-state index contributed by atoms with van der Waals surface area (Å²) < 4.78 is 0. The van der Waals surface area contributed by atoms with E-state index in [1.165, 1.54) is 0 Å². The number of aryl methyl sites for hydroxylation is 1. The molecule has 24 heavy (non-hydrogen) atoms. The Morgan fingerprint density at radius 3 is 2.25 bits per heavy atom. The molecule has 3 amide bonds. The first kappa shape index (κ1) is 18.3. The van der Waals surface area contributed by atoms with Crippen molar-refractivity contribution < 1.29 is 9.59 Å². The number of nitrogens with zero attached hydrogens (tertiary/aromatic N) is 1. The number of carbonyl (C=O) groups excluding carboxylic acids is 2. The van der Waals surface area contributed by atoms with Crippen LogP contribution in [0.15, 0.2) is 24.3 Å². The van der Waals surface area contributed by atoms with E-state index in [1.54, 1.807) is 0 Å². The second kappa shape index (κ2) is 7.69. The van der Waals surface area contributed by atoms with Crippen molar-refractivity contribution in [3.8, 4) is 0 Å². The lowest BCUT2D eigenvalue weighted by molar-refractivity contribution is 0.0937. The third-order valence-corrected chi connectivity index (χ3v) is 4.25. The maximum Gasteiger partial charge on any atom is 0.317 e. The topological polar surface area (TPSA) is 61.4 Å². The van der Waals surface area contributed by atoms with Gasteiger partial charge in [-0.1, -0.05) is 17.7 Å². The van der Waals surface area contributed by atoms with Gasteiger partial charge in [-0.15, -0.1) is 0 Å². The van der Waals surface area contributed by atoms with Crippen LogP contribution in [0.1, 0.15) is 49.5 Å². The van der Waals surface area contributed by atoms with Crippen LogP contribution in [0.5, 0.6) is 0 Å². The Kier molecular flexibility index (Phi) is 5.86. The number of amides is 3. The van der Waals surface area contributed by atoms with Crippen molar-refractivity contribution in [2.75, 3.05) is 19.6 Å². The molecule has 1 aromatic rings. The van der Waals surface area contributed by atoms with E-state index in [2.05, 4.69) is 10.6 Å². The highest BCUT2D eigenvalue weighted by atomic mass is 16.2. The highest BCUT2D eigenvalue weighted by Crippen LogP contribution is 2.17. The van der Waals surface area contributed by atoms with Gasteiger partial charge in [0.05, 0.1) is 0 Å². The summed E-state index contributed by atoms with van der Waals surface area (Å²) in [4.78, 5) is 26.2. The molecular formula is C19H29N3O2. The molecule has 2 rings (SSSR count). The van der Waals surface area contributed by atoms with Crippen LogP contribution < -0.4 is 10.6 Å². The average Bonchev–Trinajstić information content (AvgIpc) is 2.52. The highest BCUT2D eigenvalue weighted by Gasteiger charge is 2.25. The van der Waals surface area contributed by atoms with E-state index in [0.717, 1.165) is 31.5 Å². The van der Waals surface area contributed by atoms with Crippen LogP contribution in [0, 0.1) is 12.8 Å². The Labute approximate surface area is 144 Å². The fourth-order valence-electron chi connectivity index (χ4n) is 2.78. The summed E-state index contributed by atoms with van der Waals surface area (Å²) in [5, 5.41) is 6.01. The predicted octanol–water partition coefficient (Wildman–Crippen LogP) is 2.94. The molecule has 132 valence electrons. The standard InChI is InChI=1S/C19H29N3O2/c1-14-5-7-16(8-6-14)17(23)20-13-15-9-11-22(12-10-15)18(24)21-19(2,3)4/h5-8,15H,9-13H2,1-4H3,(H,20,23)(H,21,24). The Morgan fingerprint density at radius 1 is 1.12 bits per heavy atom. The smallest absolute Gasteiger partial charge is 0.317 e. The Hall–Kier alpha value is -2.04. The van der Waals surface area contributed by atoms with Gasteiger partial charge in [0.1, 0.15) is 0 Å². The number of benzene rings is 1. The summed E-state index contributed by atoms with van der Waals surface area (Å²) in [5.74, 6) is 0.404. The van der Waals surface area contributed by atoms with Crippen molar-refractivity contribution in [3.63, 3.8) is 0 Å². The molecule has 0 aliphatic carbocycles. The van der Waals surface area contributed by atoms with Gasteiger partial charge in [-0.05, 0) is 58.6 Å². The van der Waals surface area contributed by atoms with E-state index in [-0.39, 0.29) is 17.5 Å². The molecule has 0 radical (unpaired) electrons. The van der Waals surface area contributed by atoms with Gasteiger partial charge in [0.25, 0.3) is 5.91 Å². The lowest BCUT2D eigenvalue weighted by Crippen LogP contribution is -2.51. The fourth-order valence-corrected chi connectivity index (χ4v) is 2.78. The van der Waals surface area contributed by atoms with Gasteiger partial charge < -0.3 is 15.5 Å². The SMILES string of the molecule is Cc1ccc(C(=O)NCC2CCN(C(=O)NC(C)(C)C)CC2)cc1. The van der Waals surface area contributed by atoms with Crippen molar-refractivity contribution in [2.45, 2.75) is 46.1 Å². The minimum atomic E-state index is -0.212. The monoisotopic (exact) mass is 331 g/mol. The number of nitrogens with one attached hydrogen (secondary N) is 2. The van der Waals surface area contributed by atoms with Gasteiger partial charge >= 0.3 is 6.03 Å². The first-order valence-electron chi connectivity index (χ1n) is 8.66. The quantitative estimate of drug-likeness (QED) is 0.894. The Balaban J connectivity index is 1.74. The van der Waals surface area contributed by atoms with Crippen molar-refractivity contribution in [3.05, 3.63) is 35.4 Å². The van der Waals surface area contributed by atoms with Crippen LogP contribution in [0.3, 0.4) is 0 Å². The molecule has 1 aromatic carbocycles. The number of hydrogen-bond acceptors (Lipinski definition) is 2. The first-order chi connectivity index (χ1) is 11.2. The molecule has 0 spiro atoms. The lowest BCUT2D eigenvalue weighted by atomic mass is 9.96. The summed E-state index contributed by atoms with van der Waals surface area (Å²) in [6.07, 6.45) is 1.84. The second-order valence-electron chi connectivity index (χ2n) is 7.69. The zero-order chi connectivity index (χ0) is 17.7. The van der Waals surface area contributed by atoms with Crippen LogP contribution in [0.4, 0.5) is 4.79 Å². The van der Waals surface area contributed by atoms with E-state index in [9.17, 15) is 9.59 Å². The summed E-state index contributed by atoms with van der Waals surface area (Å²) in [6, 6.07) is 7.60. The molecule has 0 saturated carbocycles. The van der Waals surface area contributed by atoms with Crippen molar-refractivity contribution in [1.29, 1.82) is 0 Å². The van der Waals surface area contributed by atoms with E-state index in [0.29, 0.717) is 18.0 Å². The maximum absolute atomic E-state index is 12.1. The molecule has 1 aliphatic heterocycles. The molecule has 0 aromatic heterocycles. The van der Waals surface area contributed by atoms with Crippen molar-refractivity contribution in [1.82, 2.24) is 15.5 Å². The number of urea groups is 1. The van der Waals surface area contributed by atoms with Gasteiger partial charge in [0, 0.05) is 30.7 Å². The molecule has 0 atom stereocenters. The third kappa shape index (κ3) is 5.55. The van der Waals surface area contributed by atoms with Crippen LogP contribution in [-0.4, -0.2) is 42.0 Å². The minimum absolute atomic E-state index is 0.00430. The second-order valence-corrected chi connectivity index (χ2v) is 7.69. The van der Waals surface area contributed by atoms with Crippen LogP contribution in [0.25, 0.3) is 0 Å². The highest BCUT2D eigenvalue weighted by molar-refractivity contribution is 5.94. The van der Waals surface area contributed by atoms with Gasteiger partial charge in [-0.3, -0.25) is 4.79 Å². The normalized spacial score (nSPS) is 15.9. The van der Waals surface area contributed by atoms with Crippen LogP contribution in [0.2, 0.25) is 0 Å². The van der Waals surface area contributed by atoms with Crippen molar-refractivity contribution in [2.24, 2.45) is 5.92 Å². The molecule has 0 unspecified atom stereocenters. The molecule has 2 N–H and O–H groups in total. The summed E-state index contributed by atoms with van der Waals surface area (Å²) >= 11 is 0. The van der Waals surface area contributed by atoms with E-state index in [1.807, 2.05) is 56.9 Å². The zero-order valence-electron chi connectivity index (χ0n) is 15.2. The van der Waals surface area contributed by atoms with Crippen LogP contribution >= 0.6 is 0 Å². The third-order valence-electron chi connectivity index (χ3n) is 4.25. The lowest BCUT2D eigenvalue weighted by Gasteiger charge is -2.34. The van der Waals surface area contributed by atoms with Gasteiger partial charge in [-0.25, -0.2) is 4.79 Å². The molecule has 1 heterocycles. The number of hydrogen-bond donors (Lipinski definition) is 2. The predicted molar refractivity (Wildman–Crippen MR) is 96.1 cm³/mol. The van der Waals surface area contributed by atoms with Crippen LogP contribution in [-0.2, 0) is 0 Å². The molecule has 1 fully saturated rings. The van der Waals surface area contributed by atoms with Gasteiger partial charge in [0.15, 0.2) is 0 Å². The Bertz CT molecular complexity index is 567. The Morgan fingerprint density at radius 2 is 1.71 bits per heavy atom. The maximum atomic E-state index is 12.1. The van der Waals surface area contributed by atoms with E-state index in [4.69, 9.17) is 0 Å². The van der Waals surface area contributed by atoms with E-state index < -0.39 is 0 Å². The molecular weight excluding hydrogens is 302 g/mol. The van der Waals surface area contributed by atoms with Crippen molar-refractivity contribution >= 4 is 11.9 Å².